The molecule has 0 saturated carbocycles. The van der Waals surface area contributed by atoms with Crippen LogP contribution in [0.15, 0.2) is 12.1 Å². The van der Waals surface area contributed by atoms with Crippen molar-refractivity contribution in [2.24, 2.45) is 0 Å². The largest absolute Gasteiger partial charge is 0.461 e. The van der Waals surface area contributed by atoms with E-state index in [0.717, 1.165) is 86.5 Å². The van der Waals surface area contributed by atoms with Gasteiger partial charge in [0.05, 0.1) is 36.1 Å². The predicted molar refractivity (Wildman–Crippen MR) is 153 cm³/mol. The number of benzene rings is 1. The van der Waals surface area contributed by atoms with Crippen LogP contribution in [0.4, 0.5) is 11.5 Å². The Labute approximate surface area is 241 Å². The zero-order valence-electron chi connectivity index (χ0n) is 24.2. The van der Waals surface area contributed by atoms with Gasteiger partial charge in [-0.2, -0.15) is 15.2 Å². The predicted octanol–water partition coefficient (Wildman–Crippen LogP) is 3.61. The maximum atomic E-state index is 10.1. The fourth-order valence-corrected chi connectivity index (χ4v) is 7.94. The summed E-state index contributed by atoms with van der Waals surface area (Å²) in [5, 5.41) is 10.1. The van der Waals surface area contributed by atoms with Crippen molar-refractivity contribution in [1.29, 1.82) is 5.26 Å². The minimum Gasteiger partial charge on any atom is -0.461 e. The molecule has 4 aliphatic heterocycles. The van der Waals surface area contributed by atoms with E-state index >= 15 is 0 Å². The number of anilines is 2. The lowest BCUT2D eigenvalue weighted by atomic mass is 9.69. The van der Waals surface area contributed by atoms with E-state index < -0.39 is 5.60 Å². The zero-order chi connectivity index (χ0) is 28.2. The van der Waals surface area contributed by atoms with E-state index in [4.69, 9.17) is 34.6 Å². The maximum absolute atomic E-state index is 10.1. The summed E-state index contributed by atoms with van der Waals surface area (Å²) in [6.07, 6.45) is 6.71. The standard InChI is InChI=1S/C31H40N6O4/c1-20-7-9-31(27-22(20)5-6-25(33)23(27)15-32)14-26-24(17-41-31)28(36-10-4-12-39-19-36)35-29(34-26)40-18-30-8-3-11-37(30)16-21(13-30)38-2/h5-6,20-21H,3-4,7-14,16-19,33H2,1-2H3. The summed E-state index contributed by atoms with van der Waals surface area (Å²) < 4.78 is 24.8. The normalized spacial score (nSPS) is 31.0. The second kappa shape index (κ2) is 10.4. The highest BCUT2D eigenvalue weighted by molar-refractivity contribution is 5.64. The highest BCUT2D eigenvalue weighted by atomic mass is 16.5. The molecule has 1 aliphatic carbocycles. The van der Waals surface area contributed by atoms with Crippen LogP contribution in [0.5, 0.6) is 6.01 Å². The molecule has 4 atom stereocenters. The molecule has 1 aromatic heterocycles. The third kappa shape index (κ3) is 4.45. The molecule has 2 aromatic rings. The fourth-order valence-electron chi connectivity index (χ4n) is 7.94. The van der Waals surface area contributed by atoms with Gasteiger partial charge in [0.25, 0.3) is 0 Å². The summed E-state index contributed by atoms with van der Waals surface area (Å²) in [5.41, 5.74) is 10.7. The molecule has 0 amide bonds. The second-order valence-electron chi connectivity index (χ2n) is 12.5. The molecule has 0 bridgehead atoms. The average Bonchev–Trinajstić information content (AvgIpc) is 3.55. The molecule has 5 heterocycles. The van der Waals surface area contributed by atoms with E-state index in [0.29, 0.717) is 49.5 Å². The van der Waals surface area contributed by atoms with Crippen LogP contribution in [-0.4, -0.2) is 73.2 Å². The summed E-state index contributed by atoms with van der Waals surface area (Å²) in [5.74, 6) is 1.16. The third-order valence-electron chi connectivity index (χ3n) is 10.2. The van der Waals surface area contributed by atoms with Crippen LogP contribution in [0.25, 0.3) is 0 Å². The Kier molecular flexibility index (Phi) is 6.81. The monoisotopic (exact) mass is 560 g/mol. The first kappa shape index (κ1) is 26.9. The van der Waals surface area contributed by atoms with Crippen molar-refractivity contribution in [1.82, 2.24) is 14.9 Å². The molecule has 2 N–H and O–H groups in total. The van der Waals surface area contributed by atoms with Crippen molar-refractivity contribution in [2.75, 3.05) is 57.3 Å². The number of nitrogen functional groups attached to an aromatic ring is 1. The number of methoxy groups -OCH3 is 1. The lowest BCUT2D eigenvalue weighted by Crippen LogP contribution is -2.44. The summed E-state index contributed by atoms with van der Waals surface area (Å²) in [6.45, 7) is 7.23. The van der Waals surface area contributed by atoms with Crippen molar-refractivity contribution in [3.05, 3.63) is 40.1 Å². The van der Waals surface area contributed by atoms with Crippen molar-refractivity contribution < 1.29 is 18.9 Å². The van der Waals surface area contributed by atoms with Gasteiger partial charge < -0.3 is 29.6 Å². The van der Waals surface area contributed by atoms with Crippen LogP contribution in [0, 0.1) is 11.3 Å². The molecular formula is C31H40N6O4. The van der Waals surface area contributed by atoms with Crippen molar-refractivity contribution >= 4 is 11.5 Å². The molecule has 218 valence electrons. The lowest BCUT2D eigenvalue weighted by molar-refractivity contribution is -0.0874. The van der Waals surface area contributed by atoms with Gasteiger partial charge in [0.2, 0.25) is 0 Å². The van der Waals surface area contributed by atoms with Crippen LogP contribution in [0.3, 0.4) is 0 Å². The Morgan fingerprint density at radius 1 is 1.22 bits per heavy atom. The van der Waals surface area contributed by atoms with Crippen LogP contribution in [-0.2, 0) is 32.8 Å². The number of fused-ring (bicyclic) bond motifs is 4. The van der Waals surface area contributed by atoms with Gasteiger partial charge in [-0.15, -0.1) is 0 Å². The van der Waals surface area contributed by atoms with Gasteiger partial charge in [0.15, 0.2) is 0 Å². The Bertz CT molecular complexity index is 1370. The van der Waals surface area contributed by atoms with E-state index in [2.05, 4.69) is 28.9 Å². The SMILES string of the molecule is COC1CN2CCCC2(COc2nc3c(c(N4CCCOC4)n2)COC2(CCC(C)c4ccc(N)c(C#N)c42)C3)C1. The van der Waals surface area contributed by atoms with Crippen LogP contribution < -0.4 is 15.4 Å². The summed E-state index contributed by atoms with van der Waals surface area (Å²) in [6, 6.07) is 6.72. The molecular weight excluding hydrogens is 520 g/mol. The van der Waals surface area contributed by atoms with Gasteiger partial charge in [-0.05, 0) is 62.6 Å². The highest BCUT2D eigenvalue weighted by Gasteiger charge is 2.50. The average molecular weight is 561 g/mol. The van der Waals surface area contributed by atoms with E-state index in [1.807, 2.05) is 6.07 Å². The first-order valence-electron chi connectivity index (χ1n) is 15.1. The van der Waals surface area contributed by atoms with Gasteiger partial charge >= 0.3 is 6.01 Å². The lowest BCUT2D eigenvalue weighted by Gasteiger charge is -2.45. The number of ether oxygens (including phenoxy) is 4. The van der Waals surface area contributed by atoms with Crippen molar-refractivity contribution in [3.63, 3.8) is 0 Å². The molecule has 41 heavy (non-hydrogen) atoms. The topological polar surface area (TPSA) is 119 Å². The number of hydrogen-bond acceptors (Lipinski definition) is 10. The molecule has 10 heteroatoms. The van der Waals surface area contributed by atoms with E-state index in [9.17, 15) is 5.26 Å². The Hall–Kier alpha value is -2.97. The number of hydrogen-bond donors (Lipinski definition) is 1. The maximum Gasteiger partial charge on any atom is 0.318 e. The zero-order valence-corrected chi connectivity index (χ0v) is 24.2. The summed E-state index contributed by atoms with van der Waals surface area (Å²) in [7, 11) is 1.80. The Balaban J connectivity index is 1.26. The minimum atomic E-state index is -0.658. The highest BCUT2D eigenvalue weighted by Crippen LogP contribution is 2.51. The van der Waals surface area contributed by atoms with E-state index in [-0.39, 0.29) is 11.6 Å². The summed E-state index contributed by atoms with van der Waals surface area (Å²) >= 11 is 0. The molecule has 3 saturated heterocycles. The second-order valence-corrected chi connectivity index (χ2v) is 12.5. The van der Waals surface area contributed by atoms with Gasteiger partial charge in [0, 0.05) is 43.4 Å². The quantitative estimate of drug-likeness (QED) is 0.543. The fraction of sp³-hybridized carbons (Fsp3) is 0.645. The van der Waals surface area contributed by atoms with Gasteiger partial charge in [-0.3, -0.25) is 4.90 Å². The molecule has 5 aliphatic rings. The number of rotatable bonds is 5. The third-order valence-corrected chi connectivity index (χ3v) is 10.2. The number of nitriles is 1. The summed E-state index contributed by atoms with van der Waals surface area (Å²) in [4.78, 5) is 14.7. The van der Waals surface area contributed by atoms with Crippen molar-refractivity contribution in [3.8, 4) is 12.1 Å². The van der Waals surface area contributed by atoms with Crippen LogP contribution in [0.1, 0.15) is 79.3 Å². The van der Waals surface area contributed by atoms with Crippen LogP contribution >= 0.6 is 0 Å². The first-order chi connectivity index (χ1) is 19.9. The Morgan fingerprint density at radius 2 is 2.12 bits per heavy atom. The number of aromatic nitrogens is 2. The molecule has 10 nitrogen and oxygen atoms in total. The van der Waals surface area contributed by atoms with Gasteiger partial charge in [-0.25, -0.2) is 0 Å². The molecule has 1 aromatic carbocycles. The van der Waals surface area contributed by atoms with Gasteiger partial charge in [0.1, 0.15) is 30.8 Å². The Morgan fingerprint density at radius 3 is 2.93 bits per heavy atom. The van der Waals surface area contributed by atoms with Crippen molar-refractivity contribution in [2.45, 2.75) is 81.6 Å². The molecule has 7 rings (SSSR count). The smallest absolute Gasteiger partial charge is 0.318 e. The molecule has 0 radical (unpaired) electrons. The number of nitrogens with two attached hydrogens (primary N) is 1. The molecule has 1 spiro atoms. The van der Waals surface area contributed by atoms with Crippen LogP contribution in [0.2, 0.25) is 0 Å². The molecule has 3 fully saturated rings. The van der Waals surface area contributed by atoms with E-state index in [1.165, 1.54) is 6.42 Å². The molecule has 4 unspecified atom stereocenters. The minimum absolute atomic E-state index is 0.0314. The first-order valence-corrected chi connectivity index (χ1v) is 15.1. The van der Waals surface area contributed by atoms with E-state index in [1.54, 1.807) is 7.11 Å². The number of nitrogens with zero attached hydrogens (tertiary/aromatic N) is 5. The van der Waals surface area contributed by atoms with Gasteiger partial charge in [-0.1, -0.05) is 13.0 Å².